The molecule has 12 nitrogen and oxygen atoms in total. The Morgan fingerprint density at radius 1 is 0.761 bits per heavy atom. The van der Waals surface area contributed by atoms with Gasteiger partial charge in [0.2, 0.25) is 23.6 Å². The third-order valence-corrected chi connectivity index (χ3v) is 18.0. The molecule has 5 aliphatic carbocycles. The summed E-state index contributed by atoms with van der Waals surface area (Å²) in [6.07, 6.45) is 14.6. The van der Waals surface area contributed by atoms with Gasteiger partial charge >= 0.3 is 0 Å². The quantitative estimate of drug-likeness (QED) is 0.0518. The van der Waals surface area contributed by atoms with Crippen molar-refractivity contribution in [2.45, 2.75) is 206 Å². The normalized spacial score (nSPS) is 28.9. The number of carbonyl (C=O) groups is 6. The molecule has 0 bridgehead atoms. The summed E-state index contributed by atoms with van der Waals surface area (Å²) in [7, 11) is 0. The minimum atomic E-state index is -0.808. The maximum Gasteiger partial charge on any atom is 0.237 e. The van der Waals surface area contributed by atoms with E-state index in [1.165, 1.54) is 11.1 Å². The summed E-state index contributed by atoms with van der Waals surface area (Å²) in [5.41, 5.74) is 9.37. The number of anilines is 1. The van der Waals surface area contributed by atoms with Crippen molar-refractivity contribution in [1.82, 2.24) is 10.6 Å². The second-order valence-electron chi connectivity index (χ2n) is 23.5. The Bertz CT molecular complexity index is 2400. The molecule has 7 rings (SSSR count). The van der Waals surface area contributed by atoms with E-state index in [4.69, 9.17) is 10.5 Å². The van der Waals surface area contributed by atoms with Crippen molar-refractivity contribution in [3.05, 3.63) is 58.7 Å². The molecule has 4 amide bonds. The van der Waals surface area contributed by atoms with Gasteiger partial charge in [-0.05, 0) is 159 Å². The van der Waals surface area contributed by atoms with Crippen molar-refractivity contribution in [2.75, 3.05) is 11.9 Å². The van der Waals surface area contributed by atoms with Crippen molar-refractivity contribution < 1.29 is 38.6 Å². The first-order chi connectivity index (χ1) is 33.7. The Labute approximate surface area is 422 Å². The van der Waals surface area contributed by atoms with Crippen LogP contribution in [0.3, 0.4) is 0 Å². The lowest BCUT2D eigenvalue weighted by Gasteiger charge is -2.56. The second kappa shape index (κ2) is 22.5. The Kier molecular flexibility index (Phi) is 17.1. The molecule has 2 aromatic carbocycles. The molecule has 0 saturated heterocycles. The molecule has 0 aliphatic heterocycles. The molecule has 0 spiro atoms. The predicted octanol–water partition coefficient (Wildman–Crippen LogP) is 9.24. The van der Waals surface area contributed by atoms with Gasteiger partial charge in [-0.1, -0.05) is 92.2 Å². The minimum absolute atomic E-state index is 0.0306. The summed E-state index contributed by atoms with van der Waals surface area (Å²) in [5, 5.41) is 19.4. The van der Waals surface area contributed by atoms with Gasteiger partial charge in [-0.15, -0.1) is 5.92 Å². The molecule has 1 unspecified atom stereocenters. The van der Waals surface area contributed by atoms with Crippen molar-refractivity contribution in [2.24, 2.45) is 40.2 Å². The van der Waals surface area contributed by atoms with Crippen LogP contribution in [0.4, 0.5) is 5.69 Å². The molecule has 0 heterocycles. The number of rotatable bonds is 19. The zero-order valence-corrected chi connectivity index (χ0v) is 43.7. The summed E-state index contributed by atoms with van der Waals surface area (Å²) < 4.78 is 5.71. The van der Waals surface area contributed by atoms with E-state index in [1.54, 1.807) is 13.0 Å². The van der Waals surface area contributed by atoms with Gasteiger partial charge in [-0.25, -0.2) is 0 Å². The number of hydrogen-bond acceptors (Lipinski definition) is 9. The smallest absolute Gasteiger partial charge is 0.237 e. The van der Waals surface area contributed by atoms with E-state index in [2.05, 4.69) is 47.7 Å². The summed E-state index contributed by atoms with van der Waals surface area (Å²) in [6, 6.07) is 10.1. The first-order valence-electron chi connectivity index (χ1n) is 27.0. The number of amides is 4. The van der Waals surface area contributed by atoms with E-state index in [1.807, 2.05) is 52.0 Å². The van der Waals surface area contributed by atoms with Crippen molar-refractivity contribution in [3.8, 4) is 17.6 Å². The van der Waals surface area contributed by atoms with E-state index >= 15 is 0 Å². The number of imide groups is 1. The number of aryl methyl sites for hydroxylation is 2. The van der Waals surface area contributed by atoms with Gasteiger partial charge in [0.15, 0.2) is 11.6 Å². The first kappa shape index (κ1) is 53.9. The number of nitrogens with one attached hydrogen (secondary N) is 3. The largest absolute Gasteiger partial charge is 0.508 e. The van der Waals surface area contributed by atoms with Crippen molar-refractivity contribution >= 4 is 40.9 Å². The second-order valence-corrected chi connectivity index (χ2v) is 23.5. The van der Waals surface area contributed by atoms with Crippen LogP contribution in [0.5, 0.6) is 5.75 Å². The summed E-state index contributed by atoms with van der Waals surface area (Å²) in [5.74, 6) is 4.22. The monoisotopic (exact) mass is 975 g/mol. The summed E-state index contributed by atoms with van der Waals surface area (Å²) in [6.45, 7) is 14.1. The lowest BCUT2D eigenvalue weighted by Crippen LogP contribution is -2.60. The lowest BCUT2D eigenvalue weighted by molar-refractivity contribution is -0.150. The molecule has 6 N–H and O–H groups in total. The number of aromatic hydroxyl groups is 1. The SMILES string of the molecule is CC(C)[C@H](NC(=O)[C@@H](N)CCCCCC(=O)COC1C#CCCCC1)C(=O)C[C@@H](C)C(=O)Nc1ccc2c(c1)[C@@]1(C)CCC[C@](C)(C(=O)NC(=O)[C@@]3(C)CCC[C@]4(C)c5cc(O)ccc5CC[C@@H]34)[C@@H]1CC2. The first-order valence-corrected chi connectivity index (χ1v) is 27.0. The molecule has 2 fully saturated rings. The molecule has 10 atom stereocenters. The highest BCUT2D eigenvalue weighted by molar-refractivity contribution is 6.01. The Morgan fingerprint density at radius 2 is 1.38 bits per heavy atom. The van der Waals surface area contributed by atoms with Crippen LogP contribution < -0.4 is 21.7 Å². The van der Waals surface area contributed by atoms with Gasteiger partial charge in [-0.2, -0.15) is 0 Å². The molecular weight excluding hydrogens is 893 g/mol. The highest BCUT2D eigenvalue weighted by Crippen LogP contribution is 2.60. The van der Waals surface area contributed by atoms with Crippen molar-refractivity contribution in [3.63, 3.8) is 0 Å². The standard InChI is InChI=1S/C59H82N4O8/c1-37(2)51(62-53(68)47(60)20-14-10-11-17-43(65)36-71-44-18-12-8-9-13-19-44)48(66)33-38(3)52(67)61-41-25-21-39-23-27-49-56(4,45(39)34-41)29-15-31-58(49,6)54(69)63-55(70)59(7)32-16-30-57(5)46-35-42(64)26-22-40(46)24-28-50(57)59/h21-22,25-26,34-35,37-38,44,47,49-51,64H,8-12,14-18,20,23-24,27-33,36,60H2,1-7H3,(H,61,67)(H,62,68)(H,63,69,70)/t38-,44?,47+,49-,50-,51+,56-,57-,58+,59+/m1/s1. The van der Waals surface area contributed by atoms with E-state index in [0.29, 0.717) is 44.2 Å². The maximum absolute atomic E-state index is 14.7. The fourth-order valence-corrected chi connectivity index (χ4v) is 13.8. The number of phenols is 1. The predicted molar refractivity (Wildman–Crippen MR) is 276 cm³/mol. The van der Waals surface area contributed by atoms with Crippen LogP contribution in [-0.2, 0) is 57.2 Å². The molecule has 386 valence electrons. The molecule has 0 radical (unpaired) electrons. The summed E-state index contributed by atoms with van der Waals surface area (Å²) >= 11 is 0. The number of ether oxygens (including phenoxy) is 1. The molecule has 71 heavy (non-hydrogen) atoms. The van der Waals surface area contributed by atoms with E-state index in [0.717, 1.165) is 94.6 Å². The van der Waals surface area contributed by atoms with Crippen LogP contribution in [0, 0.1) is 46.3 Å². The fourth-order valence-electron chi connectivity index (χ4n) is 13.8. The zero-order valence-electron chi connectivity index (χ0n) is 43.7. The Balaban J connectivity index is 0.914. The molecular formula is C59H82N4O8. The third-order valence-electron chi connectivity index (χ3n) is 18.0. The van der Waals surface area contributed by atoms with E-state index in [-0.39, 0.29) is 82.8 Å². The van der Waals surface area contributed by atoms with Crippen LogP contribution in [0.25, 0.3) is 0 Å². The van der Waals surface area contributed by atoms with Gasteiger partial charge in [0.25, 0.3) is 0 Å². The van der Waals surface area contributed by atoms with E-state index in [9.17, 15) is 33.9 Å². The van der Waals surface area contributed by atoms with Crippen LogP contribution >= 0.6 is 0 Å². The molecule has 5 aliphatic rings. The number of Topliss-reactive ketones (excluding diaryl/α,β-unsaturated/α-hetero) is 2. The Hall–Kier alpha value is -4.86. The minimum Gasteiger partial charge on any atom is -0.508 e. The number of fused-ring (bicyclic) bond motifs is 6. The molecule has 12 heteroatoms. The average molecular weight is 975 g/mol. The van der Waals surface area contributed by atoms with Crippen LogP contribution in [0.1, 0.15) is 186 Å². The number of unbranched alkanes of at least 4 members (excludes halogenated alkanes) is 2. The fraction of sp³-hybridized carbons (Fsp3) is 0.661. The number of nitrogens with two attached hydrogens (primary N) is 1. The van der Waals surface area contributed by atoms with Crippen LogP contribution in [-0.4, -0.2) is 65.1 Å². The maximum atomic E-state index is 14.7. The summed E-state index contributed by atoms with van der Waals surface area (Å²) in [4.78, 5) is 82.4. The van der Waals surface area contributed by atoms with Gasteiger partial charge in [-0.3, -0.25) is 34.1 Å². The molecule has 0 aromatic heterocycles. The number of phenolic OH excluding ortho intramolecular Hbond substituents is 1. The topological polar surface area (TPSA) is 194 Å². The highest BCUT2D eigenvalue weighted by Gasteiger charge is 2.58. The van der Waals surface area contributed by atoms with Crippen LogP contribution in [0.2, 0.25) is 0 Å². The third kappa shape index (κ3) is 11.7. The van der Waals surface area contributed by atoms with Crippen LogP contribution in [0.15, 0.2) is 36.4 Å². The van der Waals surface area contributed by atoms with Gasteiger partial charge < -0.3 is 26.2 Å². The number of ketones is 2. The number of benzene rings is 2. The lowest BCUT2D eigenvalue weighted by atomic mass is 9.49. The number of hydrogen-bond donors (Lipinski definition) is 5. The zero-order chi connectivity index (χ0) is 51.3. The Morgan fingerprint density at radius 3 is 2.01 bits per heavy atom. The average Bonchev–Trinajstić information content (AvgIpc) is 3.61. The van der Waals surface area contributed by atoms with Gasteiger partial charge in [0.1, 0.15) is 18.5 Å². The molecule has 2 saturated carbocycles. The van der Waals surface area contributed by atoms with Crippen molar-refractivity contribution in [1.29, 1.82) is 0 Å². The number of carbonyl (C=O) groups excluding carboxylic acids is 6. The van der Waals surface area contributed by atoms with E-state index < -0.39 is 34.7 Å². The van der Waals surface area contributed by atoms with Gasteiger partial charge in [0, 0.05) is 30.9 Å². The highest BCUT2D eigenvalue weighted by atomic mass is 16.5. The molecule has 2 aromatic rings. The van der Waals surface area contributed by atoms with Gasteiger partial charge in [0.05, 0.1) is 22.9 Å².